The summed E-state index contributed by atoms with van der Waals surface area (Å²) >= 11 is 0. The molecular weight excluding hydrogens is 124 g/mol. The molecular formula is C3H6N4O2. The van der Waals surface area contributed by atoms with Gasteiger partial charge in [-0.15, -0.1) is 5.53 Å². The van der Waals surface area contributed by atoms with Crippen LogP contribution in [0.5, 0.6) is 0 Å². The van der Waals surface area contributed by atoms with Crippen molar-refractivity contribution < 1.29 is 10.0 Å². The van der Waals surface area contributed by atoms with Gasteiger partial charge in [0.2, 0.25) is 0 Å². The first-order chi connectivity index (χ1) is 4.34. The lowest BCUT2D eigenvalue weighted by Gasteiger charge is -2.10. The van der Waals surface area contributed by atoms with Gasteiger partial charge in [-0.2, -0.15) is 0 Å². The molecule has 6 nitrogen and oxygen atoms in total. The van der Waals surface area contributed by atoms with E-state index in [4.69, 9.17) is 5.21 Å². The Bertz CT molecular complexity index is 145. The topological polar surface area (TPSA) is 76.6 Å². The highest BCUT2D eigenvalue weighted by molar-refractivity contribution is 5.73. The minimum atomic E-state index is -0.642. The summed E-state index contributed by atoms with van der Waals surface area (Å²) in [5, 5.41) is 9.09. The fourth-order valence-electron chi connectivity index (χ4n) is 0.428. The lowest BCUT2D eigenvalue weighted by molar-refractivity contribution is 0.129. The number of hydroxylamine groups is 1. The first-order valence-corrected chi connectivity index (χ1v) is 2.26. The van der Waals surface area contributed by atoms with E-state index < -0.39 is 6.03 Å². The number of rotatable bonds is 0. The molecule has 0 saturated heterocycles. The van der Waals surface area contributed by atoms with E-state index in [0.717, 1.165) is 5.01 Å². The van der Waals surface area contributed by atoms with Crippen LogP contribution >= 0.6 is 0 Å². The predicted octanol–water partition coefficient (Wildman–Crippen LogP) is -1.12. The quantitative estimate of drug-likeness (QED) is 0.247. The van der Waals surface area contributed by atoms with Crippen LogP contribution in [-0.4, -0.2) is 16.2 Å². The maximum Gasteiger partial charge on any atom is 0.361 e. The van der Waals surface area contributed by atoms with E-state index in [-0.39, 0.29) is 0 Å². The molecule has 1 aliphatic heterocycles. The number of urea groups is 1. The molecule has 0 aliphatic carbocycles. The van der Waals surface area contributed by atoms with E-state index in [9.17, 15) is 4.79 Å². The summed E-state index contributed by atoms with van der Waals surface area (Å²) < 4.78 is 0. The second-order valence-corrected chi connectivity index (χ2v) is 1.36. The summed E-state index contributed by atoms with van der Waals surface area (Å²) in [5.74, 6) is 0. The molecule has 0 aromatic heterocycles. The summed E-state index contributed by atoms with van der Waals surface area (Å²) in [4.78, 5) is 10.4. The number of carbonyl (C=O) groups excluding carboxylic acids is 1. The van der Waals surface area contributed by atoms with E-state index in [1.807, 2.05) is 0 Å². The zero-order valence-electron chi connectivity index (χ0n) is 4.46. The summed E-state index contributed by atoms with van der Waals surface area (Å²) in [5.41, 5.74) is 6.36. The highest BCUT2D eigenvalue weighted by Gasteiger charge is 2.10. The SMILES string of the molecule is O=C(NO)N1C=CNN1. The minimum absolute atomic E-state index is 0.642. The number of nitrogens with zero attached hydrogens (tertiary/aromatic N) is 1. The van der Waals surface area contributed by atoms with Crippen LogP contribution in [-0.2, 0) is 0 Å². The number of nitrogens with one attached hydrogen (secondary N) is 3. The van der Waals surface area contributed by atoms with Crippen molar-refractivity contribution in [1.82, 2.24) is 21.4 Å². The zero-order chi connectivity index (χ0) is 6.69. The third-order valence-corrected chi connectivity index (χ3v) is 0.806. The maximum absolute atomic E-state index is 10.4. The standard InChI is InChI=1S/C3H6N4O2/c8-3(5-9)7-2-1-4-6-7/h1-2,4,6,9H,(H,5,8). The molecule has 0 fully saturated rings. The van der Waals surface area contributed by atoms with Gasteiger partial charge in [0.1, 0.15) is 0 Å². The minimum Gasteiger partial charge on any atom is -0.309 e. The third-order valence-electron chi connectivity index (χ3n) is 0.806. The van der Waals surface area contributed by atoms with Gasteiger partial charge in [0, 0.05) is 12.4 Å². The Labute approximate surface area is 51.0 Å². The van der Waals surface area contributed by atoms with Crippen LogP contribution < -0.4 is 16.4 Å². The van der Waals surface area contributed by atoms with Gasteiger partial charge < -0.3 is 5.43 Å². The molecule has 0 bridgehead atoms. The molecule has 0 spiro atoms. The fourth-order valence-corrected chi connectivity index (χ4v) is 0.428. The first-order valence-electron chi connectivity index (χ1n) is 2.26. The van der Waals surface area contributed by atoms with E-state index in [1.54, 1.807) is 0 Å². The number of hydrazine groups is 2. The smallest absolute Gasteiger partial charge is 0.309 e. The summed E-state index contributed by atoms with van der Waals surface area (Å²) in [6, 6.07) is -0.642. The van der Waals surface area contributed by atoms with E-state index in [0.29, 0.717) is 0 Å². The third kappa shape index (κ3) is 1.09. The maximum atomic E-state index is 10.4. The van der Waals surface area contributed by atoms with Crippen molar-refractivity contribution in [3.63, 3.8) is 0 Å². The molecule has 4 N–H and O–H groups in total. The van der Waals surface area contributed by atoms with Gasteiger partial charge in [0.15, 0.2) is 0 Å². The molecule has 0 radical (unpaired) electrons. The molecule has 0 aromatic rings. The average Bonchev–Trinajstić information content (AvgIpc) is 2.37. The molecule has 2 amide bonds. The van der Waals surface area contributed by atoms with Crippen molar-refractivity contribution in [1.29, 1.82) is 0 Å². The van der Waals surface area contributed by atoms with E-state index in [1.165, 1.54) is 17.9 Å². The van der Waals surface area contributed by atoms with E-state index >= 15 is 0 Å². The molecule has 0 saturated carbocycles. The molecule has 1 rings (SSSR count). The summed E-state index contributed by atoms with van der Waals surface area (Å²) in [6.07, 6.45) is 2.93. The molecule has 0 aromatic carbocycles. The van der Waals surface area contributed by atoms with Crippen LogP contribution in [0.15, 0.2) is 12.4 Å². The molecule has 0 unspecified atom stereocenters. The molecule has 9 heavy (non-hydrogen) atoms. The first kappa shape index (κ1) is 5.86. The van der Waals surface area contributed by atoms with Crippen LogP contribution in [0.3, 0.4) is 0 Å². The van der Waals surface area contributed by atoms with Crippen LogP contribution in [0.2, 0.25) is 0 Å². The van der Waals surface area contributed by atoms with Gasteiger partial charge in [0.05, 0.1) is 0 Å². The second-order valence-electron chi connectivity index (χ2n) is 1.36. The Kier molecular flexibility index (Phi) is 1.52. The lowest BCUT2D eigenvalue weighted by Crippen LogP contribution is -2.44. The van der Waals surface area contributed by atoms with Crippen molar-refractivity contribution in [3.8, 4) is 0 Å². The number of amides is 2. The van der Waals surface area contributed by atoms with Crippen LogP contribution in [0.1, 0.15) is 0 Å². The largest absolute Gasteiger partial charge is 0.361 e. The Morgan fingerprint density at radius 2 is 2.56 bits per heavy atom. The highest BCUT2D eigenvalue weighted by Crippen LogP contribution is 1.87. The number of hydrogen-bond acceptors (Lipinski definition) is 4. The molecule has 6 heteroatoms. The average molecular weight is 130 g/mol. The van der Waals surface area contributed by atoms with Gasteiger partial charge in [-0.25, -0.2) is 15.3 Å². The van der Waals surface area contributed by atoms with Gasteiger partial charge >= 0.3 is 6.03 Å². The molecule has 1 heterocycles. The number of carbonyl (C=O) groups is 1. The zero-order valence-corrected chi connectivity index (χ0v) is 4.46. The number of hydrogen-bond donors (Lipinski definition) is 4. The van der Waals surface area contributed by atoms with Crippen molar-refractivity contribution in [2.75, 3.05) is 0 Å². The van der Waals surface area contributed by atoms with Gasteiger partial charge in [-0.1, -0.05) is 0 Å². The normalized spacial score (nSPS) is 15.4. The monoisotopic (exact) mass is 130 g/mol. The Hall–Kier alpha value is -1.27. The van der Waals surface area contributed by atoms with Crippen molar-refractivity contribution >= 4 is 6.03 Å². The summed E-state index contributed by atoms with van der Waals surface area (Å²) in [7, 11) is 0. The predicted molar refractivity (Wildman–Crippen MR) is 27.6 cm³/mol. The second kappa shape index (κ2) is 2.33. The van der Waals surface area contributed by atoms with Gasteiger partial charge in [-0.3, -0.25) is 5.21 Å². The van der Waals surface area contributed by atoms with Crippen LogP contribution in [0.25, 0.3) is 0 Å². The van der Waals surface area contributed by atoms with E-state index in [2.05, 4.69) is 11.0 Å². The molecule has 50 valence electrons. The molecule has 1 aliphatic rings. The van der Waals surface area contributed by atoms with Crippen LogP contribution in [0.4, 0.5) is 4.79 Å². The van der Waals surface area contributed by atoms with Crippen molar-refractivity contribution in [2.24, 2.45) is 0 Å². The fraction of sp³-hybridized carbons (Fsp3) is 0. The summed E-state index contributed by atoms with van der Waals surface area (Å²) in [6.45, 7) is 0. The lowest BCUT2D eigenvalue weighted by atomic mass is 10.8. The van der Waals surface area contributed by atoms with Crippen molar-refractivity contribution in [3.05, 3.63) is 12.4 Å². The Morgan fingerprint density at radius 3 is 3.00 bits per heavy atom. The highest BCUT2D eigenvalue weighted by atomic mass is 16.5. The van der Waals surface area contributed by atoms with Crippen molar-refractivity contribution in [2.45, 2.75) is 0 Å². The van der Waals surface area contributed by atoms with Gasteiger partial charge in [0.25, 0.3) is 0 Å². The Morgan fingerprint density at radius 1 is 1.78 bits per heavy atom. The van der Waals surface area contributed by atoms with Crippen LogP contribution in [0, 0.1) is 0 Å². The molecule has 0 atom stereocenters. The Balaban J connectivity index is 2.43. The van der Waals surface area contributed by atoms with Gasteiger partial charge in [-0.05, 0) is 0 Å².